The van der Waals surface area contributed by atoms with E-state index in [1.54, 1.807) is 17.8 Å². The first-order chi connectivity index (χ1) is 15.0. The van der Waals surface area contributed by atoms with Crippen LogP contribution in [0.2, 0.25) is 0 Å². The molecule has 1 N–H and O–H groups in total. The maximum Gasteiger partial charge on any atom is 0.329 e. The van der Waals surface area contributed by atoms with Crippen LogP contribution in [0.1, 0.15) is 16.7 Å². The van der Waals surface area contributed by atoms with Crippen LogP contribution in [0, 0.1) is 6.92 Å². The average Bonchev–Trinajstić information content (AvgIpc) is 3.13. The Morgan fingerprint density at radius 2 is 1.77 bits per heavy atom. The van der Waals surface area contributed by atoms with Crippen molar-refractivity contribution in [2.45, 2.75) is 19.9 Å². The molecule has 0 fully saturated rings. The van der Waals surface area contributed by atoms with Crippen molar-refractivity contribution in [1.82, 2.24) is 19.1 Å². The maximum atomic E-state index is 12.5. The zero-order valence-corrected chi connectivity index (χ0v) is 17.3. The minimum atomic E-state index is -0.524. The predicted molar refractivity (Wildman–Crippen MR) is 120 cm³/mol. The van der Waals surface area contributed by atoms with Gasteiger partial charge in [-0.2, -0.15) is 10.1 Å². The SMILES string of the molecule is Cc1ccc(Cn2c(N=NC=CCc3ccccc3)nc3c2c(=O)[nH]c(=O)n3C)cc1. The van der Waals surface area contributed by atoms with Crippen LogP contribution in [0.3, 0.4) is 0 Å². The zero-order valence-electron chi connectivity index (χ0n) is 17.3. The molecule has 4 aromatic rings. The Morgan fingerprint density at radius 3 is 2.52 bits per heavy atom. The largest absolute Gasteiger partial charge is 0.329 e. The van der Waals surface area contributed by atoms with Gasteiger partial charge in [0.25, 0.3) is 11.5 Å². The second kappa shape index (κ2) is 8.74. The lowest BCUT2D eigenvalue weighted by Gasteiger charge is -2.06. The monoisotopic (exact) mass is 414 g/mol. The molecule has 0 amide bonds. The van der Waals surface area contributed by atoms with E-state index in [4.69, 9.17) is 0 Å². The van der Waals surface area contributed by atoms with Gasteiger partial charge in [0.05, 0.1) is 6.54 Å². The number of benzene rings is 2. The highest BCUT2D eigenvalue weighted by Gasteiger charge is 2.17. The number of allylic oxidation sites excluding steroid dienone is 1. The first-order valence-electron chi connectivity index (χ1n) is 9.88. The van der Waals surface area contributed by atoms with Gasteiger partial charge < -0.3 is 0 Å². The molecule has 0 radical (unpaired) electrons. The molecular weight excluding hydrogens is 392 g/mol. The number of hydrogen-bond acceptors (Lipinski definition) is 5. The van der Waals surface area contributed by atoms with Crippen molar-refractivity contribution < 1.29 is 0 Å². The summed E-state index contributed by atoms with van der Waals surface area (Å²) in [4.78, 5) is 31.3. The van der Waals surface area contributed by atoms with Crippen LogP contribution in [0.4, 0.5) is 5.95 Å². The number of H-pyrrole nitrogens is 1. The fraction of sp³-hybridized carbons (Fsp3) is 0.174. The van der Waals surface area contributed by atoms with E-state index in [9.17, 15) is 9.59 Å². The fourth-order valence-corrected chi connectivity index (χ4v) is 3.26. The number of azo groups is 1. The summed E-state index contributed by atoms with van der Waals surface area (Å²) in [5.41, 5.74) is 2.81. The summed E-state index contributed by atoms with van der Waals surface area (Å²) in [6.45, 7) is 2.39. The molecule has 4 rings (SSSR count). The topological polar surface area (TPSA) is 97.4 Å². The summed E-state index contributed by atoms with van der Waals surface area (Å²) in [6, 6.07) is 18.0. The highest BCUT2D eigenvalue weighted by molar-refractivity contribution is 5.73. The van der Waals surface area contributed by atoms with Gasteiger partial charge in [0.15, 0.2) is 11.2 Å². The van der Waals surface area contributed by atoms with Gasteiger partial charge in [-0.15, -0.1) is 5.11 Å². The summed E-state index contributed by atoms with van der Waals surface area (Å²) in [5, 5.41) is 8.33. The summed E-state index contributed by atoms with van der Waals surface area (Å²) < 4.78 is 2.97. The molecule has 31 heavy (non-hydrogen) atoms. The lowest BCUT2D eigenvalue weighted by Crippen LogP contribution is -2.29. The van der Waals surface area contributed by atoms with Crippen LogP contribution >= 0.6 is 0 Å². The number of fused-ring (bicyclic) bond motifs is 1. The molecule has 0 atom stereocenters. The molecule has 8 nitrogen and oxygen atoms in total. The number of aromatic amines is 1. The second-order valence-electron chi connectivity index (χ2n) is 7.26. The summed E-state index contributed by atoms with van der Waals surface area (Å²) >= 11 is 0. The molecule has 156 valence electrons. The van der Waals surface area contributed by atoms with Crippen LogP contribution in [0.5, 0.6) is 0 Å². The van der Waals surface area contributed by atoms with Crippen LogP contribution < -0.4 is 11.2 Å². The first kappa shape index (κ1) is 20.2. The van der Waals surface area contributed by atoms with Gasteiger partial charge in [0.2, 0.25) is 0 Å². The zero-order chi connectivity index (χ0) is 21.8. The third-order valence-electron chi connectivity index (χ3n) is 4.96. The summed E-state index contributed by atoms with van der Waals surface area (Å²) in [6.07, 6.45) is 4.23. The first-order valence-corrected chi connectivity index (χ1v) is 9.88. The van der Waals surface area contributed by atoms with Gasteiger partial charge in [0, 0.05) is 13.2 Å². The Kier molecular flexibility index (Phi) is 5.70. The van der Waals surface area contributed by atoms with Crippen LogP contribution in [0.25, 0.3) is 11.2 Å². The Labute approximate surface area is 178 Å². The molecule has 2 aromatic heterocycles. The van der Waals surface area contributed by atoms with Gasteiger partial charge in [-0.05, 0) is 24.5 Å². The van der Waals surface area contributed by atoms with Crippen molar-refractivity contribution in [3.63, 3.8) is 0 Å². The van der Waals surface area contributed by atoms with Crippen LogP contribution in [-0.4, -0.2) is 19.1 Å². The maximum absolute atomic E-state index is 12.5. The average molecular weight is 414 g/mol. The van der Waals surface area contributed by atoms with Crippen molar-refractivity contribution >= 4 is 17.1 Å². The van der Waals surface area contributed by atoms with E-state index in [-0.39, 0.29) is 17.1 Å². The smallest absolute Gasteiger partial charge is 0.297 e. The Hall–Kier alpha value is -4.07. The minimum absolute atomic E-state index is 0.256. The Morgan fingerprint density at radius 1 is 1.03 bits per heavy atom. The van der Waals surface area contributed by atoms with E-state index >= 15 is 0 Å². The van der Waals surface area contributed by atoms with E-state index in [2.05, 4.69) is 20.2 Å². The Bertz CT molecular complexity index is 1380. The number of rotatable bonds is 6. The van der Waals surface area contributed by atoms with Gasteiger partial charge in [-0.25, -0.2) is 4.79 Å². The highest BCUT2D eigenvalue weighted by atomic mass is 16.2. The highest BCUT2D eigenvalue weighted by Crippen LogP contribution is 2.20. The van der Waals surface area contributed by atoms with Crippen molar-refractivity contribution in [3.8, 4) is 0 Å². The van der Waals surface area contributed by atoms with Gasteiger partial charge >= 0.3 is 5.69 Å². The number of hydrogen-bond donors (Lipinski definition) is 1. The number of aryl methyl sites for hydroxylation is 2. The molecule has 0 unspecified atom stereocenters. The number of nitrogens with zero attached hydrogens (tertiary/aromatic N) is 5. The van der Waals surface area contributed by atoms with Crippen molar-refractivity contribution in [2.75, 3.05) is 0 Å². The molecule has 0 saturated carbocycles. The number of aromatic nitrogens is 4. The molecule has 2 heterocycles. The van der Waals surface area contributed by atoms with Gasteiger partial charge in [-0.1, -0.05) is 66.2 Å². The van der Waals surface area contributed by atoms with E-state index in [0.717, 1.165) is 17.5 Å². The molecule has 0 saturated heterocycles. The van der Waals surface area contributed by atoms with Crippen molar-refractivity contribution in [3.05, 3.63) is 104 Å². The van der Waals surface area contributed by atoms with E-state index < -0.39 is 11.2 Å². The standard InChI is InChI=1S/C23H22N6O2/c1-16-10-12-18(13-11-16)15-29-19-20(28(2)23(31)26-21(19)30)25-22(29)27-24-14-6-9-17-7-4-3-5-8-17/h3-8,10-14H,9,15H2,1-2H3,(H,26,30,31). The van der Waals surface area contributed by atoms with Gasteiger partial charge in [0.1, 0.15) is 0 Å². The third-order valence-corrected chi connectivity index (χ3v) is 4.96. The van der Waals surface area contributed by atoms with Crippen LogP contribution in [0.15, 0.2) is 86.7 Å². The number of imidazole rings is 1. The molecule has 0 bridgehead atoms. The normalized spacial score (nSPS) is 11.8. The third kappa shape index (κ3) is 4.42. The van der Waals surface area contributed by atoms with E-state index in [0.29, 0.717) is 6.54 Å². The van der Waals surface area contributed by atoms with Crippen molar-refractivity contribution in [2.24, 2.45) is 17.3 Å². The molecule has 0 aliphatic carbocycles. The quantitative estimate of drug-likeness (QED) is 0.488. The van der Waals surface area contributed by atoms with E-state index in [1.807, 2.05) is 67.6 Å². The molecule has 0 spiro atoms. The van der Waals surface area contributed by atoms with Crippen LogP contribution in [-0.2, 0) is 20.0 Å². The molecule has 0 aliphatic rings. The lowest BCUT2D eigenvalue weighted by molar-refractivity contribution is 0.802. The Balaban J connectivity index is 1.70. The lowest BCUT2D eigenvalue weighted by atomic mass is 10.1. The molecule has 0 aliphatic heterocycles. The number of nitrogens with one attached hydrogen (secondary N) is 1. The summed E-state index contributed by atoms with van der Waals surface area (Å²) in [5.74, 6) is 0.256. The molecular formula is C23H22N6O2. The minimum Gasteiger partial charge on any atom is -0.297 e. The second-order valence-corrected chi connectivity index (χ2v) is 7.26. The predicted octanol–water partition coefficient (Wildman–Crippen LogP) is 3.62. The molecule has 8 heteroatoms. The van der Waals surface area contributed by atoms with E-state index in [1.165, 1.54) is 10.1 Å². The van der Waals surface area contributed by atoms with Crippen molar-refractivity contribution in [1.29, 1.82) is 0 Å². The van der Waals surface area contributed by atoms with Gasteiger partial charge in [-0.3, -0.25) is 18.9 Å². The molecule has 2 aromatic carbocycles. The summed E-state index contributed by atoms with van der Waals surface area (Å²) in [7, 11) is 1.56. The fourth-order valence-electron chi connectivity index (χ4n) is 3.26.